The molecule has 0 unspecified atom stereocenters. The molecule has 0 aliphatic heterocycles. The first kappa shape index (κ1) is 32.9. The van der Waals surface area contributed by atoms with Gasteiger partial charge in [0.05, 0.1) is 24.9 Å². The van der Waals surface area contributed by atoms with Gasteiger partial charge in [0, 0.05) is 57.2 Å². The highest BCUT2D eigenvalue weighted by Gasteiger charge is 2.38. The summed E-state index contributed by atoms with van der Waals surface area (Å²) in [4.78, 5) is 31.3. The standard InChI is InChI=1S/C36H41N5O4S/c1-7-36(8-2,34(42)43)19-30-32(46-35(3,4)5)28-18-26(45-23-31-37-16-9-17-38-31)14-15-29(28)41(30)22-24-10-12-25(13-11-24)33-39-20-27(44-6)21-40-33/h9-18,20-21H,7-8,19,22-23H2,1-6H3,(H,42,43). The molecule has 10 heteroatoms. The number of nitrogens with zero attached hydrogens (tertiary/aromatic N) is 5. The van der Waals surface area contributed by atoms with Crippen LogP contribution in [0, 0.1) is 5.41 Å². The minimum Gasteiger partial charge on any atom is -0.494 e. The van der Waals surface area contributed by atoms with Crippen LogP contribution in [0.1, 0.15) is 64.5 Å². The number of ether oxygens (including phenoxy) is 2. The van der Waals surface area contributed by atoms with E-state index >= 15 is 0 Å². The zero-order valence-electron chi connectivity index (χ0n) is 27.3. The van der Waals surface area contributed by atoms with Gasteiger partial charge in [0.2, 0.25) is 0 Å². The van der Waals surface area contributed by atoms with Crippen LogP contribution in [-0.2, 0) is 24.4 Å². The topological polar surface area (TPSA) is 112 Å². The van der Waals surface area contributed by atoms with Gasteiger partial charge in [0.1, 0.15) is 12.4 Å². The molecule has 3 aromatic heterocycles. The lowest BCUT2D eigenvalue weighted by molar-refractivity contribution is -0.149. The average Bonchev–Trinajstić information content (AvgIpc) is 3.32. The van der Waals surface area contributed by atoms with Crippen molar-refractivity contribution in [3.8, 4) is 22.9 Å². The number of hydrogen-bond acceptors (Lipinski definition) is 8. The molecule has 0 bridgehead atoms. The minimum atomic E-state index is -0.890. The van der Waals surface area contributed by atoms with E-state index in [0.717, 1.165) is 32.6 Å². The summed E-state index contributed by atoms with van der Waals surface area (Å²) < 4.78 is 13.5. The average molecular weight is 640 g/mol. The van der Waals surface area contributed by atoms with Crippen LogP contribution in [0.25, 0.3) is 22.3 Å². The summed E-state index contributed by atoms with van der Waals surface area (Å²) in [6.07, 6.45) is 8.18. The number of rotatable bonds is 13. The van der Waals surface area contributed by atoms with Gasteiger partial charge in [-0.25, -0.2) is 19.9 Å². The number of carbonyl (C=O) groups is 1. The lowest BCUT2D eigenvalue weighted by atomic mass is 9.78. The number of carboxylic acids is 1. The van der Waals surface area contributed by atoms with Crippen molar-refractivity contribution in [2.45, 2.75) is 76.7 Å². The number of benzene rings is 2. The van der Waals surface area contributed by atoms with E-state index in [1.54, 1.807) is 49.7 Å². The van der Waals surface area contributed by atoms with Gasteiger partial charge in [-0.2, -0.15) is 0 Å². The first-order valence-corrected chi connectivity index (χ1v) is 16.3. The number of fused-ring (bicyclic) bond motifs is 1. The first-order valence-electron chi connectivity index (χ1n) is 15.5. The third-order valence-electron chi connectivity index (χ3n) is 8.22. The fraction of sp³-hybridized carbons (Fsp3) is 0.361. The zero-order chi connectivity index (χ0) is 32.9. The molecule has 0 fully saturated rings. The van der Waals surface area contributed by atoms with E-state index in [2.05, 4.69) is 69.5 Å². The number of carboxylic acid groups (broad SMARTS) is 1. The van der Waals surface area contributed by atoms with E-state index in [0.29, 0.717) is 49.0 Å². The van der Waals surface area contributed by atoms with Crippen LogP contribution in [0.5, 0.6) is 11.5 Å². The SMILES string of the molecule is CCC(CC)(Cc1c(SC(C)(C)C)c2cc(OCc3ncccn3)ccc2n1Cc1ccc(-c2ncc(OC)cn2)cc1)C(=O)O. The second kappa shape index (κ2) is 13.9. The Hall–Kier alpha value is -4.44. The van der Waals surface area contributed by atoms with E-state index < -0.39 is 11.4 Å². The molecule has 0 atom stereocenters. The quantitative estimate of drug-likeness (QED) is 0.129. The van der Waals surface area contributed by atoms with Crippen molar-refractivity contribution in [1.29, 1.82) is 0 Å². The third-order valence-corrected chi connectivity index (χ3v) is 9.49. The van der Waals surface area contributed by atoms with Gasteiger partial charge < -0.3 is 19.1 Å². The Morgan fingerprint density at radius 1 is 0.935 bits per heavy atom. The molecular weight excluding hydrogens is 598 g/mol. The first-order chi connectivity index (χ1) is 22.1. The Bertz CT molecular complexity index is 1780. The lowest BCUT2D eigenvalue weighted by Crippen LogP contribution is -2.33. The van der Waals surface area contributed by atoms with Gasteiger partial charge in [0.15, 0.2) is 17.4 Å². The van der Waals surface area contributed by atoms with Crippen LogP contribution in [-0.4, -0.2) is 47.4 Å². The molecule has 2 aromatic carbocycles. The van der Waals surface area contributed by atoms with E-state index in [1.807, 2.05) is 32.0 Å². The normalized spacial score (nSPS) is 12.0. The summed E-state index contributed by atoms with van der Waals surface area (Å²) in [5.41, 5.74) is 3.14. The van der Waals surface area contributed by atoms with Crippen molar-refractivity contribution >= 4 is 28.6 Å². The number of hydrogen-bond donors (Lipinski definition) is 1. The van der Waals surface area contributed by atoms with Crippen molar-refractivity contribution in [3.63, 3.8) is 0 Å². The van der Waals surface area contributed by atoms with Gasteiger partial charge >= 0.3 is 5.97 Å². The third kappa shape index (κ3) is 7.33. The highest BCUT2D eigenvalue weighted by Crippen LogP contribution is 2.45. The van der Waals surface area contributed by atoms with Gasteiger partial charge in [-0.3, -0.25) is 4.79 Å². The van der Waals surface area contributed by atoms with Crippen molar-refractivity contribution in [2.24, 2.45) is 5.41 Å². The maximum atomic E-state index is 12.8. The van der Waals surface area contributed by atoms with Crippen LogP contribution in [0.4, 0.5) is 0 Å². The van der Waals surface area contributed by atoms with E-state index in [9.17, 15) is 9.90 Å². The molecule has 0 aliphatic rings. The van der Waals surface area contributed by atoms with Crippen LogP contribution in [0.2, 0.25) is 0 Å². The molecule has 240 valence electrons. The van der Waals surface area contributed by atoms with Gasteiger partial charge in [-0.1, -0.05) is 58.9 Å². The highest BCUT2D eigenvalue weighted by atomic mass is 32.2. The molecule has 0 spiro atoms. The predicted molar refractivity (Wildman–Crippen MR) is 181 cm³/mol. The molecule has 3 heterocycles. The number of thioether (sulfide) groups is 1. The Morgan fingerprint density at radius 2 is 1.61 bits per heavy atom. The highest BCUT2D eigenvalue weighted by molar-refractivity contribution is 8.00. The van der Waals surface area contributed by atoms with Crippen LogP contribution < -0.4 is 9.47 Å². The van der Waals surface area contributed by atoms with Crippen LogP contribution in [0.3, 0.4) is 0 Å². The second-order valence-corrected chi connectivity index (χ2v) is 14.2. The fourth-order valence-electron chi connectivity index (χ4n) is 5.49. The molecular formula is C36H41N5O4S. The number of aromatic nitrogens is 5. The summed E-state index contributed by atoms with van der Waals surface area (Å²) in [5, 5.41) is 11.5. The largest absolute Gasteiger partial charge is 0.494 e. The molecule has 0 amide bonds. The molecule has 0 saturated carbocycles. The monoisotopic (exact) mass is 639 g/mol. The van der Waals surface area contributed by atoms with Crippen LogP contribution in [0.15, 0.2) is 78.2 Å². The van der Waals surface area contributed by atoms with Crippen molar-refractivity contribution in [1.82, 2.24) is 24.5 Å². The summed E-state index contributed by atoms with van der Waals surface area (Å²) in [7, 11) is 1.59. The minimum absolute atomic E-state index is 0.118. The Morgan fingerprint density at radius 3 is 2.20 bits per heavy atom. The summed E-state index contributed by atoms with van der Waals surface area (Å²) in [5.74, 6) is 1.77. The van der Waals surface area contributed by atoms with Crippen molar-refractivity contribution in [3.05, 3.63) is 90.4 Å². The molecule has 0 aliphatic carbocycles. The molecule has 5 rings (SSSR count). The maximum absolute atomic E-state index is 12.8. The molecule has 5 aromatic rings. The van der Waals surface area contributed by atoms with E-state index in [1.165, 1.54) is 0 Å². The van der Waals surface area contributed by atoms with Crippen molar-refractivity contribution < 1.29 is 19.4 Å². The Kier molecular flexibility index (Phi) is 9.96. The van der Waals surface area contributed by atoms with E-state index in [-0.39, 0.29) is 11.4 Å². The van der Waals surface area contributed by atoms with Gasteiger partial charge in [-0.15, -0.1) is 11.8 Å². The molecule has 0 saturated heterocycles. The molecule has 46 heavy (non-hydrogen) atoms. The van der Waals surface area contributed by atoms with E-state index in [4.69, 9.17) is 9.47 Å². The van der Waals surface area contributed by atoms with Crippen LogP contribution >= 0.6 is 11.8 Å². The predicted octanol–water partition coefficient (Wildman–Crippen LogP) is 7.85. The lowest BCUT2D eigenvalue weighted by Gasteiger charge is -2.29. The molecule has 9 nitrogen and oxygen atoms in total. The summed E-state index contributed by atoms with van der Waals surface area (Å²) in [6, 6.07) is 16.1. The summed E-state index contributed by atoms with van der Waals surface area (Å²) >= 11 is 1.77. The smallest absolute Gasteiger partial charge is 0.310 e. The Balaban J connectivity index is 1.60. The van der Waals surface area contributed by atoms with Crippen molar-refractivity contribution in [2.75, 3.05) is 7.11 Å². The molecule has 0 radical (unpaired) electrons. The summed E-state index contributed by atoms with van der Waals surface area (Å²) in [6.45, 7) is 11.3. The number of methoxy groups -OCH3 is 1. The Labute approximate surface area is 274 Å². The zero-order valence-corrected chi connectivity index (χ0v) is 28.1. The maximum Gasteiger partial charge on any atom is 0.310 e. The van der Waals surface area contributed by atoms with Gasteiger partial charge in [0.25, 0.3) is 0 Å². The second-order valence-electron chi connectivity index (χ2n) is 12.3. The van der Waals surface area contributed by atoms with Gasteiger partial charge in [-0.05, 0) is 42.7 Å². The number of aliphatic carboxylic acids is 1. The fourth-order valence-corrected chi connectivity index (χ4v) is 6.67. The molecule has 1 N–H and O–H groups in total.